The van der Waals surface area contributed by atoms with E-state index < -0.39 is 6.10 Å². The first-order valence-electron chi connectivity index (χ1n) is 6.98. The van der Waals surface area contributed by atoms with Gasteiger partial charge in [0, 0.05) is 12.6 Å². The molecule has 1 aromatic rings. The molecule has 0 aromatic heterocycles. The van der Waals surface area contributed by atoms with Crippen molar-refractivity contribution in [2.24, 2.45) is 0 Å². The SMILES string of the molecule is C=C(C)COc1ccc(C(O)C(CC)NCCO)cc1. The van der Waals surface area contributed by atoms with E-state index in [1.807, 2.05) is 38.1 Å². The highest BCUT2D eigenvalue weighted by Crippen LogP contribution is 2.22. The minimum atomic E-state index is -0.596. The summed E-state index contributed by atoms with van der Waals surface area (Å²) in [5.41, 5.74) is 1.80. The lowest BCUT2D eigenvalue weighted by Crippen LogP contribution is -2.36. The van der Waals surface area contributed by atoms with Gasteiger partial charge in [-0.3, -0.25) is 0 Å². The van der Waals surface area contributed by atoms with Crippen LogP contribution in [-0.2, 0) is 0 Å². The Morgan fingerprint density at radius 3 is 2.50 bits per heavy atom. The molecule has 2 unspecified atom stereocenters. The summed E-state index contributed by atoms with van der Waals surface area (Å²) in [5.74, 6) is 0.764. The molecule has 1 rings (SSSR count). The Bertz CT molecular complexity index is 403. The Morgan fingerprint density at radius 2 is 2.00 bits per heavy atom. The summed E-state index contributed by atoms with van der Waals surface area (Å²) in [5, 5.41) is 22.3. The molecule has 4 heteroatoms. The molecule has 0 radical (unpaired) electrons. The lowest BCUT2D eigenvalue weighted by atomic mass is 10.0. The molecule has 0 amide bonds. The van der Waals surface area contributed by atoms with Crippen LogP contribution in [0.4, 0.5) is 0 Å². The summed E-state index contributed by atoms with van der Waals surface area (Å²) in [6.07, 6.45) is 0.191. The highest BCUT2D eigenvalue weighted by atomic mass is 16.5. The average molecular weight is 279 g/mol. The third kappa shape index (κ3) is 5.33. The molecule has 20 heavy (non-hydrogen) atoms. The zero-order valence-corrected chi connectivity index (χ0v) is 12.3. The summed E-state index contributed by atoms with van der Waals surface area (Å²) in [6, 6.07) is 7.36. The summed E-state index contributed by atoms with van der Waals surface area (Å²) in [7, 11) is 0. The third-order valence-corrected chi connectivity index (χ3v) is 3.05. The van der Waals surface area contributed by atoms with Gasteiger partial charge < -0.3 is 20.3 Å². The molecule has 3 N–H and O–H groups in total. The van der Waals surface area contributed by atoms with Crippen molar-refractivity contribution < 1.29 is 14.9 Å². The lowest BCUT2D eigenvalue weighted by molar-refractivity contribution is 0.122. The number of rotatable bonds is 9. The number of aliphatic hydroxyl groups is 2. The number of hydrogen-bond donors (Lipinski definition) is 3. The Balaban J connectivity index is 2.63. The highest BCUT2D eigenvalue weighted by molar-refractivity contribution is 5.29. The van der Waals surface area contributed by atoms with E-state index in [2.05, 4.69) is 11.9 Å². The second-order valence-corrected chi connectivity index (χ2v) is 4.95. The topological polar surface area (TPSA) is 61.7 Å². The Hall–Kier alpha value is -1.36. The second-order valence-electron chi connectivity index (χ2n) is 4.95. The fraction of sp³-hybridized carbons (Fsp3) is 0.500. The van der Waals surface area contributed by atoms with Gasteiger partial charge in [0.15, 0.2) is 0 Å². The van der Waals surface area contributed by atoms with Crippen LogP contribution in [0.2, 0.25) is 0 Å². The monoisotopic (exact) mass is 279 g/mol. The predicted octanol–water partition coefficient (Wildman–Crippen LogP) is 2.04. The molecule has 0 bridgehead atoms. The van der Waals surface area contributed by atoms with Crippen LogP contribution < -0.4 is 10.1 Å². The van der Waals surface area contributed by atoms with Gasteiger partial charge >= 0.3 is 0 Å². The smallest absolute Gasteiger partial charge is 0.119 e. The van der Waals surface area contributed by atoms with E-state index in [1.54, 1.807) is 0 Å². The number of benzene rings is 1. The molecule has 0 fully saturated rings. The average Bonchev–Trinajstić information content (AvgIpc) is 2.46. The molecule has 112 valence electrons. The van der Waals surface area contributed by atoms with Crippen LogP contribution in [0.3, 0.4) is 0 Å². The Labute approximate surface area is 121 Å². The maximum Gasteiger partial charge on any atom is 0.119 e. The standard InChI is InChI=1S/C16H25NO3/c1-4-15(17-9-10-18)16(19)13-5-7-14(8-6-13)20-11-12(2)3/h5-8,15-19H,2,4,9-11H2,1,3H3. The number of hydrogen-bond acceptors (Lipinski definition) is 4. The summed E-state index contributed by atoms with van der Waals surface area (Å²) < 4.78 is 5.52. The number of nitrogens with one attached hydrogen (secondary N) is 1. The van der Waals surface area contributed by atoms with Gasteiger partial charge in [-0.05, 0) is 36.6 Å². The minimum absolute atomic E-state index is 0.0654. The van der Waals surface area contributed by atoms with Crippen LogP contribution in [0.5, 0.6) is 5.75 Å². The predicted molar refractivity (Wildman–Crippen MR) is 80.9 cm³/mol. The molecule has 4 nitrogen and oxygen atoms in total. The molecule has 0 spiro atoms. The highest BCUT2D eigenvalue weighted by Gasteiger charge is 2.18. The van der Waals surface area contributed by atoms with Crippen molar-refractivity contribution in [3.63, 3.8) is 0 Å². The zero-order valence-electron chi connectivity index (χ0n) is 12.3. The maximum atomic E-state index is 10.3. The first kappa shape index (κ1) is 16.7. The van der Waals surface area contributed by atoms with Crippen molar-refractivity contribution in [1.82, 2.24) is 5.32 Å². The largest absolute Gasteiger partial charge is 0.489 e. The van der Waals surface area contributed by atoms with E-state index >= 15 is 0 Å². The number of aliphatic hydroxyl groups excluding tert-OH is 2. The molecule has 0 saturated heterocycles. The van der Waals surface area contributed by atoms with Crippen molar-refractivity contribution in [3.05, 3.63) is 42.0 Å². The Morgan fingerprint density at radius 1 is 1.35 bits per heavy atom. The van der Waals surface area contributed by atoms with Crippen LogP contribution in [0, 0.1) is 0 Å². The number of ether oxygens (including phenoxy) is 1. The Kier molecular flexibility index (Phi) is 7.30. The maximum absolute atomic E-state index is 10.3. The van der Waals surface area contributed by atoms with Gasteiger partial charge in [0.1, 0.15) is 12.4 Å². The van der Waals surface area contributed by atoms with Gasteiger partial charge in [0.2, 0.25) is 0 Å². The van der Waals surface area contributed by atoms with Crippen LogP contribution in [0.25, 0.3) is 0 Å². The zero-order chi connectivity index (χ0) is 15.0. The normalized spacial score (nSPS) is 13.8. The third-order valence-electron chi connectivity index (χ3n) is 3.05. The quantitative estimate of drug-likeness (QED) is 0.605. The fourth-order valence-corrected chi connectivity index (χ4v) is 1.93. The van der Waals surface area contributed by atoms with Crippen LogP contribution in [0.15, 0.2) is 36.4 Å². The van der Waals surface area contributed by atoms with E-state index in [0.29, 0.717) is 13.2 Å². The summed E-state index contributed by atoms with van der Waals surface area (Å²) >= 11 is 0. The minimum Gasteiger partial charge on any atom is -0.489 e. The fourth-order valence-electron chi connectivity index (χ4n) is 1.93. The van der Waals surface area contributed by atoms with E-state index in [0.717, 1.165) is 23.3 Å². The first-order valence-corrected chi connectivity index (χ1v) is 6.98. The summed E-state index contributed by atoms with van der Waals surface area (Å²) in [4.78, 5) is 0. The molecule has 2 atom stereocenters. The molecule has 1 aromatic carbocycles. The van der Waals surface area contributed by atoms with E-state index in [9.17, 15) is 5.11 Å². The van der Waals surface area contributed by atoms with E-state index in [-0.39, 0.29) is 12.6 Å². The van der Waals surface area contributed by atoms with E-state index in [1.165, 1.54) is 0 Å². The van der Waals surface area contributed by atoms with Crippen molar-refractivity contribution in [2.75, 3.05) is 19.8 Å². The summed E-state index contributed by atoms with van der Waals surface area (Å²) in [6.45, 7) is 8.75. The van der Waals surface area contributed by atoms with Crippen molar-refractivity contribution >= 4 is 0 Å². The van der Waals surface area contributed by atoms with Gasteiger partial charge in [0.05, 0.1) is 12.7 Å². The molecule has 0 saturated carbocycles. The van der Waals surface area contributed by atoms with E-state index in [4.69, 9.17) is 9.84 Å². The van der Waals surface area contributed by atoms with Gasteiger partial charge in [-0.1, -0.05) is 25.6 Å². The molecule has 0 aliphatic heterocycles. The molecule has 0 aliphatic rings. The van der Waals surface area contributed by atoms with Gasteiger partial charge in [-0.25, -0.2) is 0 Å². The lowest BCUT2D eigenvalue weighted by Gasteiger charge is -2.23. The molecule has 0 heterocycles. The van der Waals surface area contributed by atoms with Gasteiger partial charge in [-0.15, -0.1) is 0 Å². The second kappa shape index (κ2) is 8.74. The van der Waals surface area contributed by atoms with Crippen LogP contribution in [-0.4, -0.2) is 36.0 Å². The molecular weight excluding hydrogens is 254 g/mol. The van der Waals surface area contributed by atoms with Crippen molar-refractivity contribution in [3.8, 4) is 5.75 Å². The van der Waals surface area contributed by atoms with Gasteiger partial charge in [-0.2, -0.15) is 0 Å². The molecular formula is C16H25NO3. The van der Waals surface area contributed by atoms with Gasteiger partial charge in [0.25, 0.3) is 0 Å². The van der Waals surface area contributed by atoms with Crippen molar-refractivity contribution in [2.45, 2.75) is 32.4 Å². The van der Waals surface area contributed by atoms with Crippen LogP contribution >= 0.6 is 0 Å². The molecule has 0 aliphatic carbocycles. The van der Waals surface area contributed by atoms with Crippen molar-refractivity contribution in [1.29, 1.82) is 0 Å². The first-order chi connectivity index (χ1) is 9.58. The van der Waals surface area contributed by atoms with Crippen LogP contribution in [0.1, 0.15) is 31.9 Å².